The number of anilines is 1. The quantitative estimate of drug-likeness (QED) is 0.251. The lowest BCUT2D eigenvalue weighted by Gasteiger charge is -2.23. The average Bonchev–Trinajstić information content (AvgIpc) is 3.53. The Bertz CT molecular complexity index is 1380. The number of methoxy groups -OCH3 is 1. The van der Waals surface area contributed by atoms with Crippen LogP contribution >= 0.6 is 23.1 Å². The zero-order valence-electron chi connectivity index (χ0n) is 19.1. The van der Waals surface area contributed by atoms with E-state index in [1.54, 1.807) is 39.8 Å². The number of hydrogen-bond acceptors (Lipinski definition) is 7. The van der Waals surface area contributed by atoms with Gasteiger partial charge >= 0.3 is 0 Å². The number of hydrogen-bond donors (Lipinski definition) is 0. The normalized spacial score (nSPS) is 11.0. The molecule has 0 fully saturated rings. The van der Waals surface area contributed by atoms with Crippen molar-refractivity contribution in [3.8, 4) is 5.75 Å². The highest BCUT2D eigenvalue weighted by atomic mass is 32.2. The number of fused-ring (bicyclic) bond motifs is 1. The minimum atomic E-state index is -0.0673. The van der Waals surface area contributed by atoms with Gasteiger partial charge < -0.3 is 9.64 Å². The van der Waals surface area contributed by atoms with E-state index >= 15 is 0 Å². The number of ether oxygens (including phenoxy) is 1. The molecule has 0 aliphatic carbocycles. The molecule has 0 bridgehead atoms. The highest BCUT2D eigenvalue weighted by Gasteiger charge is 2.18. The molecule has 3 aromatic carbocycles. The van der Waals surface area contributed by atoms with Crippen LogP contribution in [0.25, 0.3) is 10.2 Å². The maximum absolute atomic E-state index is 13.3. The fraction of sp³-hybridized carbons (Fsp3) is 0.154. The predicted molar refractivity (Wildman–Crippen MR) is 140 cm³/mol. The number of nitrogens with zero attached hydrogens (tertiary/aromatic N) is 5. The summed E-state index contributed by atoms with van der Waals surface area (Å²) in [5, 5.41) is 8.45. The van der Waals surface area contributed by atoms with Crippen molar-refractivity contribution in [1.29, 1.82) is 0 Å². The zero-order chi connectivity index (χ0) is 24.0. The molecule has 0 aliphatic rings. The van der Waals surface area contributed by atoms with Gasteiger partial charge in [-0.25, -0.2) is 9.67 Å². The summed E-state index contributed by atoms with van der Waals surface area (Å²) in [5.41, 5.74) is 3.66. The van der Waals surface area contributed by atoms with E-state index in [0.29, 0.717) is 12.3 Å². The topological polar surface area (TPSA) is 73.1 Å². The molecular weight excluding hydrogens is 478 g/mol. The van der Waals surface area contributed by atoms with Crippen molar-refractivity contribution >= 4 is 44.9 Å². The van der Waals surface area contributed by atoms with Gasteiger partial charge in [0.15, 0.2) is 4.34 Å². The first-order valence-electron chi connectivity index (χ1n) is 11.0. The van der Waals surface area contributed by atoms with Gasteiger partial charge in [0.1, 0.15) is 12.3 Å². The van der Waals surface area contributed by atoms with Crippen LogP contribution in [-0.2, 0) is 23.6 Å². The highest BCUT2D eigenvalue weighted by Crippen LogP contribution is 2.31. The molecule has 1 amide bonds. The molecule has 0 spiro atoms. The van der Waals surface area contributed by atoms with E-state index in [2.05, 4.69) is 21.4 Å². The van der Waals surface area contributed by atoms with Crippen LogP contribution in [0.15, 0.2) is 89.4 Å². The standard InChI is InChI=1S/C26H23N5O2S2/c1-33-22-13-11-19(12-14-22)15-31(21-7-3-2-4-8-21)25(32)17-30-16-20(28-29-30)18-34-26-27-23-9-5-6-10-24(23)35-26/h2-14,16H,15,17-18H2,1H3. The van der Waals surface area contributed by atoms with Crippen LogP contribution in [0.4, 0.5) is 5.69 Å². The van der Waals surface area contributed by atoms with Crippen molar-refractivity contribution in [2.45, 2.75) is 23.2 Å². The zero-order valence-corrected chi connectivity index (χ0v) is 20.7. The molecule has 176 valence electrons. The number of carbonyl (C=O) groups is 1. The van der Waals surface area contributed by atoms with Crippen LogP contribution in [-0.4, -0.2) is 33.0 Å². The fourth-order valence-electron chi connectivity index (χ4n) is 3.60. The molecule has 35 heavy (non-hydrogen) atoms. The summed E-state index contributed by atoms with van der Waals surface area (Å²) in [6.07, 6.45) is 1.83. The first-order chi connectivity index (χ1) is 17.2. The van der Waals surface area contributed by atoms with E-state index in [-0.39, 0.29) is 12.5 Å². The average molecular weight is 502 g/mol. The second-order valence-corrected chi connectivity index (χ2v) is 10.1. The molecule has 0 aliphatic heterocycles. The van der Waals surface area contributed by atoms with Gasteiger partial charge in [-0.2, -0.15) is 0 Å². The second kappa shape index (κ2) is 10.7. The Balaban J connectivity index is 1.26. The van der Waals surface area contributed by atoms with Crippen molar-refractivity contribution < 1.29 is 9.53 Å². The first kappa shape index (κ1) is 23.1. The molecule has 9 heteroatoms. The van der Waals surface area contributed by atoms with Gasteiger partial charge in [-0.3, -0.25) is 4.79 Å². The van der Waals surface area contributed by atoms with Crippen molar-refractivity contribution in [1.82, 2.24) is 20.0 Å². The third kappa shape index (κ3) is 5.70. The first-order valence-corrected chi connectivity index (χ1v) is 12.8. The Morgan fingerprint density at radius 3 is 2.57 bits per heavy atom. The van der Waals surface area contributed by atoms with Gasteiger partial charge in [0.2, 0.25) is 5.91 Å². The Hall–Kier alpha value is -3.69. The second-order valence-electron chi connectivity index (χ2n) is 7.81. The van der Waals surface area contributed by atoms with Gasteiger partial charge in [0.05, 0.1) is 29.6 Å². The third-order valence-electron chi connectivity index (χ3n) is 5.37. The summed E-state index contributed by atoms with van der Waals surface area (Å²) in [6, 6.07) is 25.5. The number of benzene rings is 3. The monoisotopic (exact) mass is 501 g/mol. The van der Waals surface area contributed by atoms with Crippen LogP contribution in [0.1, 0.15) is 11.3 Å². The SMILES string of the molecule is COc1ccc(CN(C(=O)Cn2cc(CSc3nc4ccccc4s3)nn2)c2ccccc2)cc1. The lowest BCUT2D eigenvalue weighted by Crippen LogP contribution is -2.33. The molecule has 0 radical (unpaired) electrons. The Morgan fingerprint density at radius 1 is 1.03 bits per heavy atom. The number of aromatic nitrogens is 4. The van der Waals surface area contributed by atoms with Crippen molar-refractivity contribution in [3.05, 3.63) is 96.3 Å². The van der Waals surface area contributed by atoms with E-state index < -0.39 is 0 Å². The highest BCUT2D eigenvalue weighted by molar-refractivity contribution is 8.00. The van der Waals surface area contributed by atoms with Gasteiger partial charge in [-0.1, -0.05) is 59.4 Å². The molecule has 5 rings (SSSR count). The molecule has 2 aromatic heterocycles. The van der Waals surface area contributed by atoms with Crippen LogP contribution in [0.3, 0.4) is 0 Å². The summed E-state index contributed by atoms with van der Waals surface area (Å²) in [6.45, 7) is 0.547. The molecule has 0 unspecified atom stereocenters. The summed E-state index contributed by atoms with van der Waals surface area (Å²) in [4.78, 5) is 19.7. The number of amides is 1. The maximum Gasteiger partial charge on any atom is 0.249 e. The van der Waals surface area contributed by atoms with Crippen LogP contribution < -0.4 is 9.64 Å². The van der Waals surface area contributed by atoms with E-state index in [4.69, 9.17) is 4.74 Å². The van der Waals surface area contributed by atoms with E-state index in [1.807, 2.05) is 79.0 Å². The molecule has 7 nitrogen and oxygen atoms in total. The van der Waals surface area contributed by atoms with Gasteiger partial charge in [0, 0.05) is 17.6 Å². The Labute approximate surface area is 211 Å². The van der Waals surface area contributed by atoms with Crippen molar-refractivity contribution in [2.24, 2.45) is 0 Å². The predicted octanol–water partition coefficient (Wildman–Crippen LogP) is 5.42. The molecular formula is C26H23N5O2S2. The lowest BCUT2D eigenvalue weighted by molar-refractivity contribution is -0.119. The van der Waals surface area contributed by atoms with E-state index in [9.17, 15) is 4.79 Å². The molecule has 0 N–H and O–H groups in total. The molecule has 5 aromatic rings. The number of thiazole rings is 1. The maximum atomic E-state index is 13.3. The van der Waals surface area contributed by atoms with Crippen LogP contribution in [0.2, 0.25) is 0 Å². The fourth-order valence-corrected chi connectivity index (χ4v) is 5.54. The summed E-state index contributed by atoms with van der Waals surface area (Å²) in [7, 11) is 1.64. The van der Waals surface area contributed by atoms with Crippen molar-refractivity contribution in [3.63, 3.8) is 0 Å². The van der Waals surface area contributed by atoms with Gasteiger partial charge in [-0.15, -0.1) is 16.4 Å². The summed E-state index contributed by atoms with van der Waals surface area (Å²) >= 11 is 3.29. The van der Waals surface area contributed by atoms with Crippen LogP contribution in [0.5, 0.6) is 5.75 Å². The Morgan fingerprint density at radius 2 is 1.80 bits per heavy atom. The number of para-hydroxylation sites is 2. The summed E-state index contributed by atoms with van der Waals surface area (Å²) < 4.78 is 9.01. The van der Waals surface area contributed by atoms with E-state index in [1.165, 1.54) is 4.70 Å². The molecule has 0 saturated carbocycles. The molecule has 2 heterocycles. The summed E-state index contributed by atoms with van der Waals surface area (Å²) in [5.74, 6) is 1.36. The van der Waals surface area contributed by atoms with Crippen LogP contribution in [0, 0.1) is 0 Å². The van der Waals surface area contributed by atoms with Gasteiger partial charge in [-0.05, 0) is 42.0 Å². The van der Waals surface area contributed by atoms with Gasteiger partial charge in [0.25, 0.3) is 0 Å². The van der Waals surface area contributed by atoms with Crippen molar-refractivity contribution in [2.75, 3.05) is 12.0 Å². The minimum Gasteiger partial charge on any atom is -0.497 e. The molecule has 0 atom stereocenters. The Kier molecular flexibility index (Phi) is 7.06. The largest absolute Gasteiger partial charge is 0.497 e. The number of rotatable bonds is 9. The lowest BCUT2D eigenvalue weighted by atomic mass is 10.2. The number of thioether (sulfide) groups is 1. The number of carbonyl (C=O) groups excluding carboxylic acids is 1. The third-order valence-corrected chi connectivity index (χ3v) is 7.58. The smallest absolute Gasteiger partial charge is 0.249 e. The van der Waals surface area contributed by atoms with E-state index in [0.717, 1.165) is 32.6 Å². The minimum absolute atomic E-state index is 0.0673. The molecule has 0 saturated heterocycles.